The molecule has 1 aliphatic rings. The number of ether oxygens (including phenoxy) is 2. The molecule has 0 atom stereocenters. The summed E-state index contributed by atoms with van der Waals surface area (Å²) in [6.45, 7) is 1.55. The van der Waals surface area contributed by atoms with E-state index in [1.165, 1.54) is 0 Å². The Morgan fingerprint density at radius 1 is 1.15 bits per heavy atom. The lowest BCUT2D eigenvalue weighted by Crippen LogP contribution is -2.17. The highest BCUT2D eigenvalue weighted by molar-refractivity contribution is 5.61. The molecule has 3 rings (SSSR count). The number of aromatic nitrogens is 2. The largest absolute Gasteiger partial charge is 0.486 e. The molecule has 26 heavy (non-hydrogen) atoms. The van der Waals surface area contributed by atoms with E-state index in [1.807, 2.05) is 0 Å². The normalized spacial score (nSPS) is 13.4. The maximum atomic E-state index is 13.1. The Morgan fingerprint density at radius 3 is 2.65 bits per heavy atom. The van der Waals surface area contributed by atoms with Crippen LogP contribution in [-0.2, 0) is 6.18 Å². The lowest BCUT2D eigenvalue weighted by molar-refractivity contribution is -0.137. The summed E-state index contributed by atoms with van der Waals surface area (Å²) < 4.78 is 50.2. The average Bonchev–Trinajstić information content (AvgIpc) is 2.61. The number of fused-ring (bicyclic) bond motifs is 1. The first-order chi connectivity index (χ1) is 12.5. The molecule has 0 amide bonds. The Labute approximate surface area is 147 Å². The fraction of sp³-hybridized carbons (Fsp3) is 0.375. The molecule has 0 spiro atoms. The molecule has 0 radical (unpaired) electrons. The van der Waals surface area contributed by atoms with Crippen LogP contribution in [0.3, 0.4) is 0 Å². The Hall–Kier alpha value is -2.75. The standard InChI is InChI=1S/C16H18F3N5O2/c17-16(18,19)11-9-22-15(24-14(11)21-5-1-4-20)23-10-2-3-12-13(8-10)26-7-6-25-12/h2-3,8-9H,1,4-7,20H2,(H2,21,22,23,24). The van der Waals surface area contributed by atoms with E-state index in [0.717, 1.165) is 6.20 Å². The summed E-state index contributed by atoms with van der Waals surface area (Å²) in [4.78, 5) is 7.71. The van der Waals surface area contributed by atoms with E-state index >= 15 is 0 Å². The second kappa shape index (κ2) is 7.65. The smallest absolute Gasteiger partial charge is 0.421 e. The van der Waals surface area contributed by atoms with Crippen LogP contribution < -0.4 is 25.8 Å². The van der Waals surface area contributed by atoms with Crippen LogP contribution in [0, 0.1) is 0 Å². The van der Waals surface area contributed by atoms with Crippen molar-refractivity contribution >= 4 is 17.5 Å². The average molecular weight is 369 g/mol. The molecule has 10 heteroatoms. The minimum Gasteiger partial charge on any atom is -0.486 e. The molecule has 2 heterocycles. The topological polar surface area (TPSA) is 94.3 Å². The van der Waals surface area contributed by atoms with E-state index in [9.17, 15) is 13.2 Å². The molecule has 140 valence electrons. The van der Waals surface area contributed by atoms with Crippen LogP contribution in [0.15, 0.2) is 24.4 Å². The molecule has 1 aromatic heterocycles. The third-order valence-electron chi connectivity index (χ3n) is 3.57. The molecule has 1 aromatic carbocycles. The molecule has 0 saturated heterocycles. The van der Waals surface area contributed by atoms with Gasteiger partial charge in [-0.2, -0.15) is 18.2 Å². The fourth-order valence-electron chi connectivity index (χ4n) is 2.34. The predicted octanol–water partition coefficient (Wildman–Crippen LogP) is 2.77. The zero-order valence-corrected chi connectivity index (χ0v) is 13.8. The van der Waals surface area contributed by atoms with Crippen molar-refractivity contribution in [3.05, 3.63) is 30.0 Å². The molecule has 7 nitrogen and oxygen atoms in total. The van der Waals surface area contributed by atoms with Gasteiger partial charge in [-0.05, 0) is 25.1 Å². The van der Waals surface area contributed by atoms with Gasteiger partial charge in [0.25, 0.3) is 0 Å². The van der Waals surface area contributed by atoms with E-state index in [2.05, 4.69) is 20.6 Å². The number of halogens is 3. The highest BCUT2D eigenvalue weighted by Gasteiger charge is 2.35. The first-order valence-corrected chi connectivity index (χ1v) is 8.02. The van der Waals surface area contributed by atoms with Crippen LogP contribution in [0.1, 0.15) is 12.0 Å². The first kappa shape index (κ1) is 18.1. The van der Waals surface area contributed by atoms with E-state index in [0.29, 0.717) is 43.4 Å². The number of rotatable bonds is 6. The number of benzene rings is 1. The van der Waals surface area contributed by atoms with Crippen molar-refractivity contribution in [1.82, 2.24) is 9.97 Å². The number of nitrogens with two attached hydrogens (primary N) is 1. The molecule has 0 aliphatic carbocycles. The summed E-state index contributed by atoms with van der Waals surface area (Å²) in [5, 5.41) is 5.53. The van der Waals surface area contributed by atoms with Gasteiger partial charge in [0.1, 0.15) is 24.6 Å². The molecule has 0 fully saturated rings. The Kier molecular flexibility index (Phi) is 5.31. The van der Waals surface area contributed by atoms with Crippen molar-refractivity contribution in [2.75, 3.05) is 36.9 Å². The van der Waals surface area contributed by atoms with Gasteiger partial charge in [0.15, 0.2) is 11.5 Å². The fourth-order valence-corrected chi connectivity index (χ4v) is 2.34. The van der Waals surface area contributed by atoms with Gasteiger partial charge < -0.3 is 25.8 Å². The van der Waals surface area contributed by atoms with Crippen molar-refractivity contribution in [2.24, 2.45) is 5.73 Å². The number of nitrogens with zero attached hydrogens (tertiary/aromatic N) is 2. The summed E-state index contributed by atoms with van der Waals surface area (Å²) in [5.74, 6) is 0.902. The summed E-state index contributed by atoms with van der Waals surface area (Å²) >= 11 is 0. The summed E-state index contributed by atoms with van der Waals surface area (Å²) in [6, 6.07) is 5.09. The van der Waals surface area contributed by atoms with Crippen molar-refractivity contribution in [3.8, 4) is 11.5 Å². The SMILES string of the molecule is NCCCNc1nc(Nc2ccc3c(c2)OCCO3)ncc1C(F)(F)F. The maximum absolute atomic E-state index is 13.1. The van der Waals surface area contributed by atoms with Gasteiger partial charge >= 0.3 is 6.18 Å². The van der Waals surface area contributed by atoms with Gasteiger partial charge in [0.05, 0.1) is 0 Å². The van der Waals surface area contributed by atoms with Crippen LogP contribution in [0.4, 0.5) is 30.6 Å². The van der Waals surface area contributed by atoms with E-state index in [1.54, 1.807) is 18.2 Å². The van der Waals surface area contributed by atoms with Gasteiger partial charge in [-0.15, -0.1) is 0 Å². The lowest BCUT2D eigenvalue weighted by atomic mass is 10.2. The number of nitrogens with one attached hydrogen (secondary N) is 2. The van der Waals surface area contributed by atoms with Gasteiger partial charge in [0, 0.05) is 24.5 Å². The highest BCUT2D eigenvalue weighted by atomic mass is 19.4. The molecule has 0 bridgehead atoms. The van der Waals surface area contributed by atoms with Gasteiger partial charge in [-0.3, -0.25) is 0 Å². The molecule has 0 saturated carbocycles. The summed E-state index contributed by atoms with van der Waals surface area (Å²) in [5.41, 5.74) is 5.02. The lowest BCUT2D eigenvalue weighted by Gasteiger charge is -2.19. The summed E-state index contributed by atoms with van der Waals surface area (Å²) in [7, 11) is 0. The Morgan fingerprint density at radius 2 is 1.92 bits per heavy atom. The third kappa shape index (κ3) is 4.26. The minimum atomic E-state index is -4.55. The van der Waals surface area contributed by atoms with Crippen LogP contribution >= 0.6 is 0 Å². The number of alkyl halides is 3. The van der Waals surface area contributed by atoms with Crippen LogP contribution in [-0.4, -0.2) is 36.3 Å². The predicted molar refractivity (Wildman–Crippen MR) is 89.9 cm³/mol. The van der Waals surface area contributed by atoms with Crippen LogP contribution in [0.5, 0.6) is 11.5 Å². The number of anilines is 3. The Bertz CT molecular complexity index is 770. The molecule has 4 N–H and O–H groups in total. The molecular formula is C16H18F3N5O2. The minimum absolute atomic E-state index is 0.0323. The van der Waals surface area contributed by atoms with E-state index < -0.39 is 11.7 Å². The molecule has 2 aromatic rings. The summed E-state index contributed by atoms with van der Waals surface area (Å²) in [6.07, 6.45) is -3.29. The second-order valence-corrected chi connectivity index (χ2v) is 5.51. The maximum Gasteiger partial charge on any atom is 0.421 e. The van der Waals surface area contributed by atoms with Crippen molar-refractivity contribution < 1.29 is 22.6 Å². The van der Waals surface area contributed by atoms with Gasteiger partial charge in [-0.25, -0.2) is 4.98 Å². The Balaban J connectivity index is 1.82. The van der Waals surface area contributed by atoms with Gasteiger partial charge in [-0.1, -0.05) is 0 Å². The van der Waals surface area contributed by atoms with E-state index in [4.69, 9.17) is 15.2 Å². The quantitative estimate of drug-likeness (QED) is 0.674. The monoisotopic (exact) mass is 369 g/mol. The third-order valence-corrected chi connectivity index (χ3v) is 3.57. The molecule has 0 unspecified atom stereocenters. The number of hydrogen-bond donors (Lipinski definition) is 3. The second-order valence-electron chi connectivity index (χ2n) is 5.51. The molecule has 1 aliphatic heterocycles. The van der Waals surface area contributed by atoms with Crippen LogP contribution in [0.2, 0.25) is 0 Å². The van der Waals surface area contributed by atoms with Crippen molar-refractivity contribution in [3.63, 3.8) is 0 Å². The van der Waals surface area contributed by atoms with Crippen molar-refractivity contribution in [2.45, 2.75) is 12.6 Å². The highest BCUT2D eigenvalue weighted by Crippen LogP contribution is 2.35. The van der Waals surface area contributed by atoms with Crippen LogP contribution in [0.25, 0.3) is 0 Å². The first-order valence-electron chi connectivity index (χ1n) is 8.02. The van der Waals surface area contributed by atoms with E-state index in [-0.39, 0.29) is 18.3 Å². The van der Waals surface area contributed by atoms with Crippen molar-refractivity contribution in [1.29, 1.82) is 0 Å². The number of hydrogen-bond acceptors (Lipinski definition) is 7. The zero-order valence-electron chi connectivity index (χ0n) is 13.8. The zero-order chi connectivity index (χ0) is 18.6. The molecular weight excluding hydrogens is 351 g/mol. The van der Waals surface area contributed by atoms with Gasteiger partial charge in [0.2, 0.25) is 5.95 Å².